The molecule has 0 bridgehead atoms. The minimum absolute atomic E-state index is 0.541. The van der Waals surface area contributed by atoms with Gasteiger partial charge in [0.1, 0.15) is 17.6 Å². The molecule has 0 heterocycles. The Morgan fingerprint density at radius 3 is 2.00 bits per heavy atom. The molecule has 0 aliphatic rings. The fraction of sp³-hybridized carbons (Fsp3) is 0.391. The molecule has 2 aromatic rings. The summed E-state index contributed by atoms with van der Waals surface area (Å²) in [5.74, 6) is 1.34. The van der Waals surface area contributed by atoms with Gasteiger partial charge in [0, 0.05) is 38.9 Å². The van der Waals surface area contributed by atoms with Gasteiger partial charge in [-0.05, 0) is 29.7 Å². The summed E-state index contributed by atoms with van der Waals surface area (Å²) in [6.07, 6.45) is 1.10. The summed E-state index contributed by atoms with van der Waals surface area (Å²) in [5, 5.41) is 9.38. The van der Waals surface area contributed by atoms with Crippen LogP contribution in [0.25, 0.3) is 5.76 Å². The van der Waals surface area contributed by atoms with E-state index < -0.39 is 6.10 Å². The molecule has 0 aliphatic carbocycles. The van der Waals surface area contributed by atoms with Crippen LogP contribution in [0.2, 0.25) is 0 Å². The standard InChI is InChI=1S/C23H30O6/c1-18(28-17-5-16-27-15-4-14-25-2)19-6-8-20(9-7-19)23(29-24)21-10-12-22(26-3)13-11-21/h6-13,23-24H,1,4-5,14-17H2,2-3H3. The fourth-order valence-corrected chi connectivity index (χ4v) is 2.78. The molecular weight excluding hydrogens is 372 g/mol. The van der Waals surface area contributed by atoms with Gasteiger partial charge in [0.2, 0.25) is 0 Å². The van der Waals surface area contributed by atoms with Crippen molar-refractivity contribution in [3.8, 4) is 5.75 Å². The Labute approximate surface area is 172 Å². The Balaban J connectivity index is 1.82. The number of hydrogen-bond donors (Lipinski definition) is 1. The van der Waals surface area contributed by atoms with Crippen LogP contribution in [0.4, 0.5) is 0 Å². The van der Waals surface area contributed by atoms with Crippen LogP contribution in [-0.4, -0.2) is 45.9 Å². The predicted molar refractivity (Wildman–Crippen MR) is 112 cm³/mol. The zero-order valence-corrected chi connectivity index (χ0v) is 17.1. The highest BCUT2D eigenvalue weighted by molar-refractivity contribution is 5.57. The Bertz CT molecular complexity index is 711. The van der Waals surface area contributed by atoms with E-state index in [1.165, 1.54) is 0 Å². The molecule has 29 heavy (non-hydrogen) atoms. The maximum Gasteiger partial charge on any atom is 0.143 e. The van der Waals surface area contributed by atoms with Crippen LogP contribution < -0.4 is 4.74 Å². The highest BCUT2D eigenvalue weighted by Gasteiger charge is 2.15. The topological polar surface area (TPSA) is 66.4 Å². The summed E-state index contributed by atoms with van der Waals surface area (Å²) >= 11 is 0. The molecule has 6 nitrogen and oxygen atoms in total. The summed E-state index contributed by atoms with van der Waals surface area (Å²) in [7, 11) is 3.29. The molecule has 0 aliphatic heterocycles. The van der Waals surface area contributed by atoms with Crippen LogP contribution in [0.1, 0.15) is 35.6 Å². The van der Waals surface area contributed by atoms with Crippen LogP contribution >= 0.6 is 0 Å². The summed E-state index contributed by atoms with van der Waals surface area (Å²) in [5.41, 5.74) is 2.52. The minimum atomic E-state index is -0.584. The second-order valence-electron chi connectivity index (χ2n) is 6.46. The lowest BCUT2D eigenvalue weighted by Crippen LogP contribution is -2.05. The molecule has 2 aromatic carbocycles. The SMILES string of the molecule is C=C(OCCCOCCCOC)c1ccc(C(OO)c2ccc(OC)cc2)cc1. The Morgan fingerprint density at radius 2 is 1.45 bits per heavy atom. The molecule has 1 unspecified atom stereocenters. The third-order valence-corrected chi connectivity index (χ3v) is 4.41. The van der Waals surface area contributed by atoms with Gasteiger partial charge in [-0.1, -0.05) is 43.0 Å². The van der Waals surface area contributed by atoms with Crippen LogP contribution in [0.3, 0.4) is 0 Å². The van der Waals surface area contributed by atoms with Gasteiger partial charge in [0.05, 0.1) is 13.7 Å². The van der Waals surface area contributed by atoms with E-state index >= 15 is 0 Å². The first-order valence-electron chi connectivity index (χ1n) is 9.62. The lowest BCUT2D eigenvalue weighted by atomic mass is 10.00. The van der Waals surface area contributed by atoms with E-state index in [1.54, 1.807) is 14.2 Å². The van der Waals surface area contributed by atoms with Gasteiger partial charge >= 0.3 is 0 Å². The number of methoxy groups -OCH3 is 2. The van der Waals surface area contributed by atoms with E-state index in [2.05, 4.69) is 6.58 Å². The van der Waals surface area contributed by atoms with Crippen molar-refractivity contribution in [2.75, 3.05) is 40.6 Å². The fourth-order valence-electron chi connectivity index (χ4n) is 2.78. The molecule has 0 saturated heterocycles. The zero-order chi connectivity index (χ0) is 20.9. The van der Waals surface area contributed by atoms with E-state index in [1.807, 2.05) is 48.5 Å². The Kier molecular flexibility index (Phi) is 10.2. The van der Waals surface area contributed by atoms with Crippen LogP contribution in [0, 0.1) is 0 Å². The first-order valence-corrected chi connectivity index (χ1v) is 9.62. The van der Waals surface area contributed by atoms with E-state index in [0.29, 0.717) is 32.2 Å². The van der Waals surface area contributed by atoms with Crippen molar-refractivity contribution in [1.29, 1.82) is 0 Å². The van der Waals surface area contributed by atoms with Crippen molar-refractivity contribution in [2.45, 2.75) is 18.9 Å². The molecule has 6 heteroatoms. The van der Waals surface area contributed by atoms with Gasteiger partial charge in [-0.25, -0.2) is 4.89 Å². The average Bonchev–Trinajstić information content (AvgIpc) is 2.77. The second kappa shape index (κ2) is 13.0. The molecule has 0 radical (unpaired) electrons. The molecule has 0 aromatic heterocycles. The summed E-state index contributed by atoms with van der Waals surface area (Å²) < 4.78 is 21.3. The van der Waals surface area contributed by atoms with E-state index in [-0.39, 0.29) is 0 Å². The predicted octanol–water partition coefficient (Wildman–Crippen LogP) is 4.70. The lowest BCUT2D eigenvalue weighted by molar-refractivity contribution is -0.270. The largest absolute Gasteiger partial charge is 0.497 e. The van der Waals surface area contributed by atoms with Crippen LogP contribution in [-0.2, 0) is 19.1 Å². The molecule has 2 rings (SSSR count). The van der Waals surface area contributed by atoms with E-state index in [9.17, 15) is 5.26 Å². The number of benzene rings is 2. The van der Waals surface area contributed by atoms with Crippen molar-refractivity contribution < 1.29 is 29.1 Å². The highest BCUT2D eigenvalue weighted by atomic mass is 17.1. The minimum Gasteiger partial charge on any atom is -0.497 e. The maximum absolute atomic E-state index is 9.38. The quantitative estimate of drug-likeness (QED) is 0.214. The smallest absolute Gasteiger partial charge is 0.143 e. The van der Waals surface area contributed by atoms with Gasteiger partial charge in [0.15, 0.2) is 0 Å². The maximum atomic E-state index is 9.38. The van der Waals surface area contributed by atoms with Crippen LogP contribution in [0.5, 0.6) is 5.75 Å². The summed E-state index contributed by atoms with van der Waals surface area (Å²) in [6, 6.07) is 14.9. The first-order chi connectivity index (χ1) is 14.2. The van der Waals surface area contributed by atoms with Gasteiger partial charge < -0.3 is 18.9 Å². The Hall–Kier alpha value is -2.38. The third-order valence-electron chi connectivity index (χ3n) is 4.41. The normalized spacial score (nSPS) is 11.8. The lowest BCUT2D eigenvalue weighted by Gasteiger charge is -2.16. The van der Waals surface area contributed by atoms with Gasteiger partial charge in [0.25, 0.3) is 0 Å². The van der Waals surface area contributed by atoms with Gasteiger partial charge in [-0.2, -0.15) is 0 Å². The molecule has 1 atom stereocenters. The van der Waals surface area contributed by atoms with Crippen LogP contribution in [0.15, 0.2) is 55.1 Å². The zero-order valence-electron chi connectivity index (χ0n) is 17.1. The molecule has 0 amide bonds. The first kappa shape index (κ1) is 22.9. The highest BCUT2D eigenvalue weighted by Crippen LogP contribution is 2.28. The molecule has 0 fully saturated rings. The van der Waals surface area contributed by atoms with E-state index in [4.69, 9.17) is 23.8 Å². The van der Waals surface area contributed by atoms with E-state index in [0.717, 1.165) is 35.3 Å². The number of rotatable bonds is 14. The number of hydrogen-bond acceptors (Lipinski definition) is 6. The van der Waals surface area contributed by atoms with Gasteiger partial charge in [-0.15, -0.1) is 0 Å². The molecule has 0 saturated carbocycles. The summed E-state index contributed by atoms with van der Waals surface area (Å²) in [4.78, 5) is 4.71. The van der Waals surface area contributed by atoms with Crippen molar-refractivity contribution in [3.05, 3.63) is 71.8 Å². The molecule has 158 valence electrons. The second-order valence-corrected chi connectivity index (χ2v) is 6.46. The number of ether oxygens (including phenoxy) is 4. The van der Waals surface area contributed by atoms with Crippen molar-refractivity contribution in [2.24, 2.45) is 0 Å². The monoisotopic (exact) mass is 402 g/mol. The average molecular weight is 402 g/mol. The molecular formula is C23H30O6. The molecule has 1 N–H and O–H groups in total. The van der Waals surface area contributed by atoms with Crippen molar-refractivity contribution >= 4 is 5.76 Å². The van der Waals surface area contributed by atoms with Gasteiger partial charge in [-0.3, -0.25) is 5.26 Å². The Morgan fingerprint density at radius 1 is 0.862 bits per heavy atom. The molecule has 0 spiro atoms. The van der Waals surface area contributed by atoms with Crippen molar-refractivity contribution in [3.63, 3.8) is 0 Å². The summed E-state index contributed by atoms with van der Waals surface area (Å²) in [6.45, 7) is 6.57. The third kappa shape index (κ3) is 7.51. The van der Waals surface area contributed by atoms with Crippen molar-refractivity contribution in [1.82, 2.24) is 0 Å².